The van der Waals surface area contributed by atoms with Crippen LogP contribution in [-0.4, -0.2) is 9.97 Å². The molecule has 0 fully saturated rings. The summed E-state index contributed by atoms with van der Waals surface area (Å²) in [5.41, 5.74) is 6.46. The lowest BCUT2D eigenvalue weighted by molar-refractivity contribution is 0.483. The van der Waals surface area contributed by atoms with E-state index in [1.54, 1.807) is 6.20 Å². The number of ether oxygens (including phenoxy) is 1. The maximum absolute atomic E-state index is 5.78. The first kappa shape index (κ1) is 12.9. The number of nitrogens with zero attached hydrogens (tertiary/aromatic N) is 2. The molecule has 0 aliphatic rings. The molecule has 0 aliphatic heterocycles. The van der Waals surface area contributed by atoms with Crippen LogP contribution in [0, 0.1) is 0 Å². The highest BCUT2D eigenvalue weighted by atomic mass is 16.5. The molecule has 0 bridgehead atoms. The molecule has 0 amide bonds. The van der Waals surface area contributed by atoms with E-state index in [0.717, 1.165) is 17.2 Å². The highest BCUT2D eigenvalue weighted by Crippen LogP contribution is 2.25. The Morgan fingerprint density at radius 3 is 2.52 bits per heavy atom. The van der Waals surface area contributed by atoms with Gasteiger partial charge < -0.3 is 15.8 Å². The average Bonchev–Trinajstić information content (AvgIpc) is 2.49. The minimum absolute atomic E-state index is 0.372. The molecule has 1 aromatic heterocycles. The predicted octanol–water partition coefficient (Wildman–Crippen LogP) is 3.59. The first-order valence-electron chi connectivity index (χ1n) is 6.47. The Morgan fingerprint density at radius 1 is 0.905 bits per heavy atom. The SMILES string of the molecule is Nc1cncc(Nc2cccc(Oc3ccccc3)c2)n1. The highest BCUT2D eigenvalue weighted by molar-refractivity contribution is 5.58. The summed E-state index contributed by atoms with van der Waals surface area (Å²) in [7, 11) is 0. The normalized spacial score (nSPS) is 10.1. The van der Waals surface area contributed by atoms with Crippen LogP contribution < -0.4 is 15.8 Å². The van der Waals surface area contributed by atoms with Gasteiger partial charge in [-0.05, 0) is 24.3 Å². The van der Waals surface area contributed by atoms with Crippen LogP contribution in [-0.2, 0) is 0 Å². The van der Waals surface area contributed by atoms with Gasteiger partial charge in [0.15, 0.2) is 5.82 Å². The number of para-hydroxylation sites is 1. The van der Waals surface area contributed by atoms with Gasteiger partial charge in [-0.15, -0.1) is 0 Å². The van der Waals surface area contributed by atoms with Gasteiger partial charge in [0.1, 0.15) is 17.3 Å². The number of rotatable bonds is 4. The van der Waals surface area contributed by atoms with Crippen molar-refractivity contribution in [3.8, 4) is 11.5 Å². The fourth-order valence-corrected chi connectivity index (χ4v) is 1.85. The summed E-state index contributed by atoms with van der Waals surface area (Å²) in [5, 5.41) is 3.14. The first-order valence-corrected chi connectivity index (χ1v) is 6.47. The van der Waals surface area contributed by atoms with E-state index in [2.05, 4.69) is 15.3 Å². The van der Waals surface area contributed by atoms with E-state index in [0.29, 0.717) is 11.6 Å². The summed E-state index contributed by atoms with van der Waals surface area (Å²) in [5.74, 6) is 2.49. The fraction of sp³-hybridized carbons (Fsp3) is 0. The van der Waals surface area contributed by atoms with E-state index >= 15 is 0 Å². The van der Waals surface area contributed by atoms with Crippen molar-refractivity contribution in [2.24, 2.45) is 0 Å². The smallest absolute Gasteiger partial charge is 0.151 e. The quantitative estimate of drug-likeness (QED) is 0.763. The maximum Gasteiger partial charge on any atom is 0.151 e. The Kier molecular flexibility index (Phi) is 3.64. The zero-order chi connectivity index (χ0) is 14.5. The van der Waals surface area contributed by atoms with Crippen molar-refractivity contribution >= 4 is 17.3 Å². The van der Waals surface area contributed by atoms with Gasteiger partial charge in [0.05, 0.1) is 12.4 Å². The zero-order valence-electron chi connectivity index (χ0n) is 11.2. The minimum atomic E-state index is 0.372. The molecule has 0 unspecified atom stereocenters. The number of benzene rings is 2. The standard InChI is InChI=1S/C16H14N4O/c17-15-10-18-11-16(20-15)19-12-5-4-8-14(9-12)21-13-6-2-1-3-7-13/h1-11H,(H3,17,19,20). The lowest BCUT2D eigenvalue weighted by Crippen LogP contribution is -1.98. The maximum atomic E-state index is 5.78. The Hall–Kier alpha value is -3.08. The van der Waals surface area contributed by atoms with Gasteiger partial charge in [0.2, 0.25) is 0 Å². The van der Waals surface area contributed by atoms with E-state index < -0.39 is 0 Å². The molecule has 1 heterocycles. The van der Waals surface area contributed by atoms with Crippen molar-refractivity contribution in [2.75, 3.05) is 11.1 Å². The summed E-state index contributed by atoms with van der Waals surface area (Å²) in [6.07, 6.45) is 3.11. The molecule has 5 heteroatoms. The molecular weight excluding hydrogens is 264 g/mol. The monoisotopic (exact) mass is 278 g/mol. The molecule has 0 radical (unpaired) electrons. The molecule has 3 N–H and O–H groups in total. The molecule has 104 valence electrons. The van der Waals surface area contributed by atoms with E-state index in [9.17, 15) is 0 Å². The second-order valence-corrected chi connectivity index (χ2v) is 4.40. The number of nitrogens with one attached hydrogen (secondary N) is 1. The lowest BCUT2D eigenvalue weighted by atomic mass is 10.3. The Bertz CT molecular complexity index is 731. The van der Waals surface area contributed by atoms with Crippen molar-refractivity contribution < 1.29 is 4.74 Å². The minimum Gasteiger partial charge on any atom is -0.457 e. The molecule has 0 spiro atoms. The number of nitrogens with two attached hydrogens (primary N) is 1. The molecule has 5 nitrogen and oxygen atoms in total. The molecule has 3 rings (SSSR count). The predicted molar refractivity (Wildman–Crippen MR) is 82.7 cm³/mol. The molecule has 0 saturated heterocycles. The molecule has 2 aromatic carbocycles. The molecule has 0 saturated carbocycles. The van der Waals surface area contributed by atoms with Crippen LogP contribution in [0.2, 0.25) is 0 Å². The molecule has 3 aromatic rings. The summed E-state index contributed by atoms with van der Waals surface area (Å²) in [6.45, 7) is 0. The van der Waals surface area contributed by atoms with Crippen LogP contribution in [0.3, 0.4) is 0 Å². The van der Waals surface area contributed by atoms with Crippen LogP contribution >= 0.6 is 0 Å². The highest BCUT2D eigenvalue weighted by Gasteiger charge is 2.01. The topological polar surface area (TPSA) is 73.1 Å². The van der Waals surface area contributed by atoms with Crippen LogP contribution in [0.4, 0.5) is 17.3 Å². The third kappa shape index (κ3) is 3.48. The van der Waals surface area contributed by atoms with Crippen molar-refractivity contribution in [1.82, 2.24) is 9.97 Å². The summed E-state index contributed by atoms with van der Waals surface area (Å²) < 4.78 is 5.78. The van der Waals surface area contributed by atoms with Gasteiger partial charge in [-0.3, -0.25) is 4.98 Å². The number of aromatic nitrogens is 2. The molecule has 0 atom stereocenters. The largest absolute Gasteiger partial charge is 0.457 e. The first-order chi connectivity index (χ1) is 10.3. The second kappa shape index (κ2) is 5.92. The Labute approximate surface area is 122 Å². The summed E-state index contributed by atoms with van der Waals surface area (Å²) in [6, 6.07) is 17.2. The van der Waals surface area contributed by atoms with Gasteiger partial charge >= 0.3 is 0 Å². The third-order valence-electron chi connectivity index (χ3n) is 2.74. The summed E-state index contributed by atoms with van der Waals surface area (Å²) >= 11 is 0. The third-order valence-corrected chi connectivity index (χ3v) is 2.74. The lowest BCUT2D eigenvalue weighted by Gasteiger charge is -2.09. The van der Waals surface area contributed by atoms with E-state index in [1.807, 2.05) is 54.6 Å². The van der Waals surface area contributed by atoms with Gasteiger partial charge in [-0.2, -0.15) is 0 Å². The van der Waals surface area contributed by atoms with Crippen molar-refractivity contribution in [1.29, 1.82) is 0 Å². The second-order valence-electron chi connectivity index (χ2n) is 4.40. The van der Waals surface area contributed by atoms with Crippen molar-refractivity contribution in [3.63, 3.8) is 0 Å². The number of anilines is 3. The van der Waals surface area contributed by atoms with Crippen molar-refractivity contribution in [3.05, 3.63) is 67.0 Å². The molecule has 0 aliphatic carbocycles. The van der Waals surface area contributed by atoms with Crippen molar-refractivity contribution in [2.45, 2.75) is 0 Å². The number of nitrogen functional groups attached to an aromatic ring is 1. The van der Waals surface area contributed by atoms with Crippen LogP contribution in [0.1, 0.15) is 0 Å². The van der Waals surface area contributed by atoms with Gasteiger partial charge in [-0.1, -0.05) is 24.3 Å². The number of hydrogen-bond acceptors (Lipinski definition) is 5. The molecular formula is C16H14N4O. The van der Waals surface area contributed by atoms with E-state index in [1.165, 1.54) is 6.20 Å². The van der Waals surface area contributed by atoms with Gasteiger partial charge in [0.25, 0.3) is 0 Å². The van der Waals surface area contributed by atoms with Crippen LogP contribution in [0.5, 0.6) is 11.5 Å². The molecule has 21 heavy (non-hydrogen) atoms. The Morgan fingerprint density at radius 2 is 1.71 bits per heavy atom. The van der Waals surface area contributed by atoms with Crippen LogP contribution in [0.25, 0.3) is 0 Å². The summed E-state index contributed by atoms with van der Waals surface area (Å²) in [4.78, 5) is 8.13. The van der Waals surface area contributed by atoms with E-state index in [4.69, 9.17) is 10.5 Å². The van der Waals surface area contributed by atoms with Gasteiger partial charge in [-0.25, -0.2) is 4.98 Å². The Balaban J connectivity index is 1.77. The number of hydrogen-bond donors (Lipinski definition) is 2. The zero-order valence-corrected chi connectivity index (χ0v) is 11.2. The van der Waals surface area contributed by atoms with E-state index in [-0.39, 0.29) is 0 Å². The van der Waals surface area contributed by atoms with Crippen LogP contribution in [0.15, 0.2) is 67.0 Å². The fourth-order valence-electron chi connectivity index (χ4n) is 1.85. The van der Waals surface area contributed by atoms with Gasteiger partial charge in [0, 0.05) is 11.8 Å². The average molecular weight is 278 g/mol.